The van der Waals surface area contributed by atoms with Crippen LogP contribution >= 0.6 is 0 Å². The first-order valence-electron chi connectivity index (χ1n) is 13.2. The molecular weight excluding hydrogens is 336 g/mol. The fourth-order valence-corrected chi connectivity index (χ4v) is 4.21. The normalized spacial score (nSPS) is 13.5. The van der Waals surface area contributed by atoms with Crippen molar-refractivity contribution in [1.29, 1.82) is 0 Å². The van der Waals surface area contributed by atoms with Gasteiger partial charge in [0.15, 0.2) is 0 Å². The summed E-state index contributed by atoms with van der Waals surface area (Å²) in [5.74, 6) is 1.85. The van der Waals surface area contributed by atoms with Crippen LogP contribution in [0.1, 0.15) is 157 Å². The van der Waals surface area contributed by atoms with E-state index in [1.54, 1.807) is 11.1 Å². The van der Waals surface area contributed by atoms with Crippen molar-refractivity contribution in [2.24, 2.45) is 11.8 Å². The van der Waals surface area contributed by atoms with Crippen molar-refractivity contribution in [3.63, 3.8) is 0 Å². The minimum Gasteiger partial charge on any atom is -0.0772 e. The van der Waals surface area contributed by atoms with Gasteiger partial charge in [0, 0.05) is 0 Å². The first-order valence-corrected chi connectivity index (χ1v) is 13.2. The second-order valence-corrected chi connectivity index (χ2v) is 9.98. The summed E-state index contributed by atoms with van der Waals surface area (Å²) in [4.78, 5) is 0. The smallest absolute Gasteiger partial charge is 0.0315 e. The largest absolute Gasteiger partial charge is 0.0772 e. The topological polar surface area (TPSA) is 0 Å². The molecule has 2 atom stereocenters. The molecule has 0 saturated heterocycles. The molecule has 0 nitrogen and oxygen atoms in total. The summed E-state index contributed by atoms with van der Waals surface area (Å²) in [5.41, 5.74) is 3.37. The maximum Gasteiger partial charge on any atom is -0.0315 e. The zero-order valence-corrected chi connectivity index (χ0v) is 20.9. The van der Waals surface area contributed by atoms with E-state index < -0.39 is 0 Å². The van der Waals surface area contributed by atoms with E-state index >= 15 is 0 Å². The Balaban J connectivity index is 3.66. The molecule has 0 aliphatic heterocycles. The lowest BCUT2D eigenvalue weighted by Gasteiger charge is -2.15. The summed E-state index contributed by atoms with van der Waals surface area (Å²) in [6, 6.07) is 0. The summed E-state index contributed by atoms with van der Waals surface area (Å²) < 4.78 is 0. The van der Waals surface area contributed by atoms with E-state index in [2.05, 4.69) is 41.5 Å². The van der Waals surface area contributed by atoms with Crippen LogP contribution in [-0.2, 0) is 0 Å². The van der Waals surface area contributed by atoms with E-state index in [4.69, 9.17) is 0 Å². The first-order chi connectivity index (χ1) is 13.5. The molecule has 0 spiro atoms. The molecule has 28 heavy (non-hydrogen) atoms. The summed E-state index contributed by atoms with van der Waals surface area (Å²) in [6.45, 7) is 14.2. The molecule has 0 rings (SSSR count). The first kappa shape index (κ1) is 27.7. The van der Waals surface area contributed by atoms with E-state index in [1.165, 1.54) is 116 Å². The van der Waals surface area contributed by atoms with Crippen LogP contribution in [0.2, 0.25) is 0 Å². The molecule has 2 unspecified atom stereocenters. The SMILES string of the molecule is CCCCCCC(C)CCC(CCCCCCCCCCC(C)CC)=C(C)C. The minimum atomic E-state index is 0.909. The molecule has 0 amide bonds. The molecule has 0 aromatic carbocycles. The maximum absolute atomic E-state index is 2.47. The molecule has 0 heterocycles. The molecule has 168 valence electrons. The van der Waals surface area contributed by atoms with Gasteiger partial charge in [-0.1, -0.05) is 129 Å². The Bertz CT molecular complexity index is 347. The van der Waals surface area contributed by atoms with Crippen LogP contribution in [0.4, 0.5) is 0 Å². The predicted octanol–water partition coefficient (Wildman–Crippen LogP) is 10.7. The average Bonchev–Trinajstić information content (AvgIpc) is 2.68. The number of hydrogen-bond acceptors (Lipinski definition) is 0. The lowest BCUT2D eigenvalue weighted by atomic mass is 9.91. The number of allylic oxidation sites excluding steroid dienone is 2. The van der Waals surface area contributed by atoms with Crippen LogP contribution in [0.5, 0.6) is 0 Å². The minimum absolute atomic E-state index is 0.909. The van der Waals surface area contributed by atoms with Gasteiger partial charge in [0.05, 0.1) is 0 Å². The molecular formula is C28H56. The Morgan fingerprint density at radius 1 is 0.536 bits per heavy atom. The zero-order chi connectivity index (χ0) is 21.0. The van der Waals surface area contributed by atoms with Crippen LogP contribution < -0.4 is 0 Å². The average molecular weight is 393 g/mol. The van der Waals surface area contributed by atoms with Crippen LogP contribution in [-0.4, -0.2) is 0 Å². The third kappa shape index (κ3) is 17.8. The summed E-state index contributed by atoms with van der Waals surface area (Å²) in [6.07, 6.45) is 25.6. The van der Waals surface area contributed by atoms with Crippen molar-refractivity contribution in [3.8, 4) is 0 Å². The highest BCUT2D eigenvalue weighted by molar-refractivity contribution is 5.09. The highest BCUT2D eigenvalue weighted by atomic mass is 14.1. The predicted molar refractivity (Wildman–Crippen MR) is 131 cm³/mol. The van der Waals surface area contributed by atoms with E-state index in [0.717, 1.165) is 11.8 Å². The Hall–Kier alpha value is -0.260. The molecule has 0 saturated carbocycles. The van der Waals surface area contributed by atoms with Gasteiger partial charge in [-0.25, -0.2) is 0 Å². The quantitative estimate of drug-likeness (QED) is 0.143. The van der Waals surface area contributed by atoms with Gasteiger partial charge in [-0.3, -0.25) is 0 Å². The molecule has 0 aromatic rings. The highest BCUT2D eigenvalue weighted by Crippen LogP contribution is 2.24. The zero-order valence-electron chi connectivity index (χ0n) is 20.9. The molecule has 0 radical (unpaired) electrons. The molecule has 0 N–H and O–H groups in total. The number of rotatable bonds is 20. The van der Waals surface area contributed by atoms with Crippen LogP contribution in [0.3, 0.4) is 0 Å². The Morgan fingerprint density at radius 3 is 1.57 bits per heavy atom. The van der Waals surface area contributed by atoms with Crippen molar-refractivity contribution >= 4 is 0 Å². The van der Waals surface area contributed by atoms with Crippen molar-refractivity contribution in [1.82, 2.24) is 0 Å². The Kier molecular flexibility index (Phi) is 19.8. The van der Waals surface area contributed by atoms with Crippen molar-refractivity contribution in [3.05, 3.63) is 11.1 Å². The lowest BCUT2D eigenvalue weighted by Crippen LogP contribution is -1.98. The van der Waals surface area contributed by atoms with E-state index in [0.29, 0.717) is 0 Å². The lowest BCUT2D eigenvalue weighted by molar-refractivity contribution is 0.454. The monoisotopic (exact) mass is 392 g/mol. The van der Waals surface area contributed by atoms with Gasteiger partial charge in [0.1, 0.15) is 0 Å². The third-order valence-corrected chi connectivity index (χ3v) is 6.82. The Morgan fingerprint density at radius 2 is 1.04 bits per heavy atom. The highest BCUT2D eigenvalue weighted by Gasteiger charge is 2.06. The van der Waals surface area contributed by atoms with Gasteiger partial charge in [-0.05, 0) is 51.4 Å². The van der Waals surface area contributed by atoms with Crippen molar-refractivity contribution in [2.75, 3.05) is 0 Å². The van der Waals surface area contributed by atoms with Gasteiger partial charge >= 0.3 is 0 Å². The maximum atomic E-state index is 2.47. The Labute approximate surface area is 180 Å². The number of unbranched alkanes of at least 4 members (excludes halogenated alkanes) is 10. The van der Waals surface area contributed by atoms with Crippen molar-refractivity contribution < 1.29 is 0 Å². The van der Waals surface area contributed by atoms with E-state index in [1.807, 2.05) is 0 Å². The van der Waals surface area contributed by atoms with Gasteiger partial charge in [-0.15, -0.1) is 0 Å². The standard InChI is InChI=1S/C28H56/c1-7-9-10-17-21-27(6)23-24-28(25(3)4)22-19-16-14-12-11-13-15-18-20-26(5)8-2/h26-27H,7-24H2,1-6H3. The number of hydrogen-bond donors (Lipinski definition) is 0. The molecule has 0 aliphatic carbocycles. The van der Waals surface area contributed by atoms with Gasteiger partial charge in [-0.2, -0.15) is 0 Å². The summed E-state index contributed by atoms with van der Waals surface area (Å²) >= 11 is 0. The van der Waals surface area contributed by atoms with Gasteiger partial charge < -0.3 is 0 Å². The molecule has 0 heteroatoms. The second-order valence-electron chi connectivity index (χ2n) is 9.98. The molecule has 0 fully saturated rings. The van der Waals surface area contributed by atoms with Crippen LogP contribution in [0, 0.1) is 11.8 Å². The van der Waals surface area contributed by atoms with Gasteiger partial charge in [0.25, 0.3) is 0 Å². The van der Waals surface area contributed by atoms with Crippen LogP contribution in [0.15, 0.2) is 11.1 Å². The van der Waals surface area contributed by atoms with Crippen molar-refractivity contribution in [2.45, 2.75) is 157 Å². The van der Waals surface area contributed by atoms with Gasteiger partial charge in [0.2, 0.25) is 0 Å². The molecule has 0 bridgehead atoms. The fourth-order valence-electron chi connectivity index (χ4n) is 4.21. The molecule has 0 aliphatic rings. The fraction of sp³-hybridized carbons (Fsp3) is 0.929. The summed E-state index contributed by atoms with van der Waals surface area (Å²) in [5, 5.41) is 0. The third-order valence-electron chi connectivity index (χ3n) is 6.82. The second kappa shape index (κ2) is 20.0. The molecule has 0 aromatic heterocycles. The van der Waals surface area contributed by atoms with E-state index in [9.17, 15) is 0 Å². The van der Waals surface area contributed by atoms with E-state index in [-0.39, 0.29) is 0 Å². The summed E-state index contributed by atoms with van der Waals surface area (Å²) in [7, 11) is 0. The van der Waals surface area contributed by atoms with Crippen LogP contribution in [0.25, 0.3) is 0 Å².